The van der Waals surface area contributed by atoms with Crippen LogP contribution in [-0.4, -0.2) is 4.92 Å². The van der Waals surface area contributed by atoms with Gasteiger partial charge in [0, 0.05) is 11.1 Å². The second-order valence-corrected chi connectivity index (χ2v) is 6.49. The van der Waals surface area contributed by atoms with Crippen LogP contribution in [-0.2, 0) is 19.4 Å². The first-order valence-corrected chi connectivity index (χ1v) is 8.79. The molecule has 0 saturated carbocycles. The maximum atomic E-state index is 11.9. The van der Waals surface area contributed by atoms with E-state index in [2.05, 4.69) is 6.07 Å². The molecule has 0 saturated heterocycles. The van der Waals surface area contributed by atoms with E-state index in [1.54, 1.807) is 0 Å². The molecular weight excluding hydrogens is 326 g/mol. The van der Waals surface area contributed by atoms with Gasteiger partial charge in [0.2, 0.25) is 5.75 Å². The van der Waals surface area contributed by atoms with Crippen molar-refractivity contribution in [3.05, 3.63) is 93.5 Å². The maximum Gasteiger partial charge on any atom is 0.315 e. The molecule has 0 radical (unpaired) electrons. The van der Waals surface area contributed by atoms with Gasteiger partial charge >= 0.3 is 5.69 Å². The Labute approximate surface area is 152 Å². The van der Waals surface area contributed by atoms with Crippen molar-refractivity contribution in [2.75, 3.05) is 0 Å². The zero-order valence-electron chi connectivity index (χ0n) is 14.4. The van der Waals surface area contributed by atoms with Crippen molar-refractivity contribution in [1.82, 2.24) is 0 Å². The van der Waals surface area contributed by atoms with E-state index in [1.807, 2.05) is 60.7 Å². The molecule has 130 valence electrons. The first-order valence-electron chi connectivity index (χ1n) is 8.79. The van der Waals surface area contributed by atoms with Crippen LogP contribution in [0.5, 0.6) is 5.75 Å². The normalized spacial score (nSPS) is 12.6. The first kappa shape index (κ1) is 16.3. The van der Waals surface area contributed by atoms with E-state index < -0.39 is 0 Å². The molecular formula is C22H19NO3. The van der Waals surface area contributed by atoms with Crippen molar-refractivity contribution in [2.24, 2.45) is 0 Å². The third kappa shape index (κ3) is 3.06. The topological polar surface area (TPSA) is 52.4 Å². The average molecular weight is 345 g/mol. The van der Waals surface area contributed by atoms with Crippen LogP contribution in [0.2, 0.25) is 0 Å². The molecule has 4 nitrogen and oxygen atoms in total. The molecule has 0 unspecified atom stereocenters. The summed E-state index contributed by atoms with van der Waals surface area (Å²) < 4.78 is 6.05. The fourth-order valence-corrected chi connectivity index (χ4v) is 3.60. The van der Waals surface area contributed by atoms with Gasteiger partial charge in [-0.25, -0.2) is 0 Å². The van der Waals surface area contributed by atoms with E-state index in [0.29, 0.717) is 12.4 Å². The molecule has 0 heterocycles. The van der Waals surface area contributed by atoms with Gasteiger partial charge in [0.15, 0.2) is 0 Å². The predicted molar refractivity (Wildman–Crippen MR) is 101 cm³/mol. The number of nitro groups is 1. The minimum atomic E-state index is -0.281. The van der Waals surface area contributed by atoms with Crippen LogP contribution in [0.3, 0.4) is 0 Å². The number of nitro benzene ring substituents is 1. The Morgan fingerprint density at radius 1 is 0.962 bits per heavy atom. The smallest absolute Gasteiger partial charge is 0.315 e. The summed E-state index contributed by atoms with van der Waals surface area (Å²) in [5.74, 6) is 0.380. The monoisotopic (exact) mass is 345 g/mol. The lowest BCUT2D eigenvalue weighted by Gasteiger charge is -2.15. The van der Waals surface area contributed by atoms with Crippen LogP contribution in [0.15, 0.2) is 66.7 Å². The highest BCUT2D eigenvalue weighted by atomic mass is 16.6. The lowest BCUT2D eigenvalue weighted by Crippen LogP contribution is -2.04. The Morgan fingerprint density at radius 2 is 1.65 bits per heavy atom. The van der Waals surface area contributed by atoms with Gasteiger partial charge in [-0.15, -0.1) is 0 Å². The van der Waals surface area contributed by atoms with Gasteiger partial charge in [0.05, 0.1) is 4.92 Å². The minimum absolute atomic E-state index is 0.134. The second-order valence-electron chi connectivity index (χ2n) is 6.49. The van der Waals surface area contributed by atoms with Crippen LogP contribution in [0.1, 0.15) is 23.1 Å². The highest BCUT2D eigenvalue weighted by Gasteiger charge is 2.30. The largest absolute Gasteiger partial charge is 0.482 e. The summed E-state index contributed by atoms with van der Waals surface area (Å²) in [5.41, 5.74) is 4.76. The molecule has 0 N–H and O–H groups in total. The number of hydrogen-bond donors (Lipinski definition) is 0. The van der Waals surface area contributed by atoms with Crippen LogP contribution in [0.4, 0.5) is 5.69 Å². The summed E-state index contributed by atoms with van der Waals surface area (Å²) >= 11 is 0. The molecule has 1 aliphatic rings. The highest BCUT2D eigenvalue weighted by Crippen LogP contribution is 2.45. The summed E-state index contributed by atoms with van der Waals surface area (Å²) in [5, 5.41) is 11.9. The molecule has 3 aromatic rings. The van der Waals surface area contributed by atoms with E-state index in [1.165, 1.54) is 0 Å². The Balaban J connectivity index is 1.84. The summed E-state index contributed by atoms with van der Waals surface area (Å²) in [6.45, 7) is 0.306. The number of rotatable bonds is 5. The highest BCUT2D eigenvalue weighted by molar-refractivity contribution is 5.79. The quantitative estimate of drug-likeness (QED) is 0.464. The molecule has 0 aromatic heterocycles. The van der Waals surface area contributed by atoms with Crippen LogP contribution in [0.25, 0.3) is 11.1 Å². The average Bonchev–Trinajstić information content (AvgIpc) is 3.14. The molecule has 4 heteroatoms. The zero-order chi connectivity index (χ0) is 17.9. The molecule has 0 fully saturated rings. The molecule has 4 rings (SSSR count). The Hall–Kier alpha value is -3.14. The van der Waals surface area contributed by atoms with Gasteiger partial charge in [-0.2, -0.15) is 0 Å². The van der Waals surface area contributed by atoms with Gasteiger partial charge in [-0.05, 0) is 42.0 Å². The standard InChI is InChI=1S/C22H19NO3/c24-23(25)21-19-13-7-12-18(19)14-20(17-10-5-2-6-11-17)22(21)26-15-16-8-3-1-4-9-16/h1-6,8-11,14H,7,12-13,15H2. The molecule has 3 aromatic carbocycles. The predicted octanol–water partition coefficient (Wildman–Crippen LogP) is 5.33. The van der Waals surface area contributed by atoms with E-state index in [4.69, 9.17) is 4.74 Å². The number of aryl methyl sites for hydroxylation is 1. The lowest BCUT2D eigenvalue weighted by atomic mass is 9.97. The van der Waals surface area contributed by atoms with Gasteiger partial charge in [0.25, 0.3) is 0 Å². The molecule has 0 bridgehead atoms. The third-order valence-corrected chi connectivity index (χ3v) is 4.82. The Bertz CT molecular complexity index is 937. The molecule has 0 spiro atoms. The molecule has 0 atom stereocenters. The Kier molecular flexibility index (Phi) is 4.40. The fourth-order valence-electron chi connectivity index (χ4n) is 3.60. The fraction of sp³-hybridized carbons (Fsp3) is 0.182. The summed E-state index contributed by atoms with van der Waals surface area (Å²) in [6.07, 6.45) is 2.57. The number of nitrogens with zero attached hydrogens (tertiary/aromatic N) is 1. The molecule has 26 heavy (non-hydrogen) atoms. The summed E-state index contributed by atoms with van der Waals surface area (Å²) in [4.78, 5) is 11.6. The van der Waals surface area contributed by atoms with Crippen molar-refractivity contribution in [3.63, 3.8) is 0 Å². The Morgan fingerprint density at radius 3 is 2.35 bits per heavy atom. The van der Waals surface area contributed by atoms with Gasteiger partial charge in [-0.1, -0.05) is 60.7 Å². The van der Waals surface area contributed by atoms with Crippen molar-refractivity contribution >= 4 is 5.69 Å². The summed E-state index contributed by atoms with van der Waals surface area (Å²) in [6, 6.07) is 21.6. The zero-order valence-corrected chi connectivity index (χ0v) is 14.4. The van der Waals surface area contributed by atoms with Crippen molar-refractivity contribution < 1.29 is 9.66 Å². The van der Waals surface area contributed by atoms with Crippen LogP contribution >= 0.6 is 0 Å². The minimum Gasteiger partial charge on any atom is -0.482 e. The van der Waals surface area contributed by atoms with E-state index in [0.717, 1.165) is 47.1 Å². The lowest BCUT2D eigenvalue weighted by molar-refractivity contribution is -0.386. The number of hydrogen-bond acceptors (Lipinski definition) is 3. The number of ether oxygens (including phenoxy) is 1. The summed E-state index contributed by atoms with van der Waals surface area (Å²) in [7, 11) is 0. The van der Waals surface area contributed by atoms with Gasteiger partial charge < -0.3 is 4.74 Å². The van der Waals surface area contributed by atoms with Crippen LogP contribution in [0, 0.1) is 10.1 Å². The van der Waals surface area contributed by atoms with E-state index in [-0.39, 0.29) is 10.6 Å². The van der Waals surface area contributed by atoms with Gasteiger partial charge in [-0.3, -0.25) is 10.1 Å². The van der Waals surface area contributed by atoms with Gasteiger partial charge in [0.1, 0.15) is 6.61 Å². The van der Waals surface area contributed by atoms with E-state index in [9.17, 15) is 10.1 Å². The third-order valence-electron chi connectivity index (χ3n) is 4.82. The SMILES string of the molecule is O=[N+]([O-])c1c2c(cc(-c3ccccc3)c1OCc1ccccc1)CCC2. The first-order chi connectivity index (χ1) is 12.7. The maximum absolute atomic E-state index is 11.9. The second kappa shape index (κ2) is 7.00. The number of benzene rings is 3. The molecule has 1 aliphatic carbocycles. The van der Waals surface area contributed by atoms with Crippen molar-refractivity contribution in [3.8, 4) is 16.9 Å². The van der Waals surface area contributed by atoms with E-state index >= 15 is 0 Å². The van der Waals surface area contributed by atoms with Crippen LogP contribution < -0.4 is 4.74 Å². The molecule has 0 aliphatic heterocycles. The van der Waals surface area contributed by atoms with Crippen molar-refractivity contribution in [2.45, 2.75) is 25.9 Å². The molecule has 0 amide bonds. The number of fused-ring (bicyclic) bond motifs is 1. The van der Waals surface area contributed by atoms with Crippen molar-refractivity contribution in [1.29, 1.82) is 0 Å².